The topological polar surface area (TPSA) is 60.2 Å². The second-order valence-electron chi connectivity index (χ2n) is 2.53. The molecule has 0 aliphatic heterocycles. The van der Waals surface area contributed by atoms with E-state index in [1.54, 1.807) is 23.9 Å². The summed E-state index contributed by atoms with van der Waals surface area (Å²) >= 11 is 1.54. The van der Waals surface area contributed by atoms with Gasteiger partial charge in [-0.1, -0.05) is 6.92 Å². The molecule has 0 N–H and O–H groups in total. The second kappa shape index (κ2) is 4.76. The summed E-state index contributed by atoms with van der Waals surface area (Å²) in [5.74, 6) is 0.871. The van der Waals surface area contributed by atoms with Crippen LogP contribution in [0.3, 0.4) is 0 Å². The molecule has 0 fully saturated rings. The second-order valence-corrected chi connectivity index (χ2v) is 3.87. The predicted octanol–water partition coefficient (Wildman–Crippen LogP) is 2.52. The van der Waals surface area contributed by atoms with Gasteiger partial charge in [-0.15, -0.1) is 11.8 Å². The van der Waals surface area contributed by atoms with Crippen molar-refractivity contribution in [2.45, 2.75) is 11.8 Å². The molecule has 0 spiro atoms. The fourth-order valence-electron chi connectivity index (χ4n) is 1.05. The summed E-state index contributed by atoms with van der Waals surface area (Å²) in [7, 11) is 0. The highest BCUT2D eigenvalue weighted by Gasteiger charge is 2.12. The summed E-state index contributed by atoms with van der Waals surface area (Å²) in [4.78, 5) is 21.4. The maximum atomic E-state index is 10.6. The van der Waals surface area contributed by atoms with Gasteiger partial charge in [0.25, 0.3) is 5.69 Å². The van der Waals surface area contributed by atoms with Crippen molar-refractivity contribution in [2.24, 2.45) is 0 Å². The molecule has 0 saturated heterocycles. The lowest BCUT2D eigenvalue weighted by Gasteiger charge is -1.99. The zero-order valence-electron chi connectivity index (χ0n) is 7.60. The minimum absolute atomic E-state index is 0.133. The first-order valence-electron chi connectivity index (χ1n) is 4.05. The normalized spacial score (nSPS) is 9.79. The molecule has 0 bridgehead atoms. The summed E-state index contributed by atoms with van der Waals surface area (Å²) in [5, 5.41) is 10.5. The Bertz CT molecular complexity index is 365. The number of nitro benzene ring substituents is 1. The minimum atomic E-state index is -0.551. The molecule has 0 saturated carbocycles. The van der Waals surface area contributed by atoms with E-state index in [4.69, 9.17) is 0 Å². The molecule has 74 valence electrons. The molecule has 0 radical (unpaired) electrons. The number of thioether (sulfide) groups is 1. The average Bonchev–Trinajstić information content (AvgIpc) is 2.17. The largest absolute Gasteiger partial charge is 0.298 e. The molecule has 0 unspecified atom stereocenters. The van der Waals surface area contributed by atoms with Crippen molar-refractivity contribution in [3.05, 3.63) is 33.9 Å². The van der Waals surface area contributed by atoms with Crippen molar-refractivity contribution in [1.29, 1.82) is 0 Å². The van der Waals surface area contributed by atoms with Crippen LogP contribution in [0.2, 0.25) is 0 Å². The van der Waals surface area contributed by atoms with Crippen LogP contribution in [0.4, 0.5) is 5.69 Å². The number of carbonyl (C=O) groups excluding carboxylic acids is 1. The highest BCUT2D eigenvalue weighted by atomic mass is 32.2. The number of hydrogen-bond acceptors (Lipinski definition) is 4. The van der Waals surface area contributed by atoms with Crippen LogP contribution in [-0.2, 0) is 0 Å². The number of hydrogen-bond donors (Lipinski definition) is 0. The van der Waals surface area contributed by atoms with Crippen molar-refractivity contribution < 1.29 is 9.72 Å². The van der Waals surface area contributed by atoms with Gasteiger partial charge in [0.05, 0.1) is 10.5 Å². The first-order chi connectivity index (χ1) is 6.69. The van der Waals surface area contributed by atoms with E-state index >= 15 is 0 Å². The molecule has 4 nitrogen and oxygen atoms in total. The van der Waals surface area contributed by atoms with Crippen LogP contribution in [-0.4, -0.2) is 17.0 Å². The monoisotopic (exact) mass is 211 g/mol. The molecular formula is C9H9NO3S. The predicted molar refractivity (Wildman–Crippen MR) is 54.9 cm³/mol. The number of nitro groups is 1. The van der Waals surface area contributed by atoms with Crippen LogP contribution in [0.15, 0.2) is 23.1 Å². The highest BCUT2D eigenvalue weighted by Crippen LogP contribution is 2.24. The molecule has 1 aromatic rings. The van der Waals surface area contributed by atoms with Crippen LogP contribution in [0.25, 0.3) is 0 Å². The summed E-state index contributed by atoms with van der Waals surface area (Å²) in [6.07, 6.45) is 0.512. The van der Waals surface area contributed by atoms with Gasteiger partial charge in [-0.25, -0.2) is 0 Å². The van der Waals surface area contributed by atoms with Gasteiger partial charge in [0.2, 0.25) is 0 Å². The van der Waals surface area contributed by atoms with E-state index in [-0.39, 0.29) is 11.3 Å². The average molecular weight is 211 g/mol. The van der Waals surface area contributed by atoms with Crippen LogP contribution in [0.1, 0.15) is 17.3 Å². The van der Waals surface area contributed by atoms with Crippen molar-refractivity contribution in [1.82, 2.24) is 0 Å². The van der Waals surface area contributed by atoms with Gasteiger partial charge in [0.15, 0.2) is 6.29 Å². The van der Waals surface area contributed by atoms with E-state index in [1.807, 2.05) is 6.92 Å². The Morgan fingerprint density at radius 1 is 1.57 bits per heavy atom. The van der Waals surface area contributed by atoms with Crippen molar-refractivity contribution in [2.75, 3.05) is 5.75 Å². The number of nitrogens with zero attached hydrogens (tertiary/aromatic N) is 1. The lowest BCUT2D eigenvalue weighted by atomic mass is 10.2. The third-order valence-electron chi connectivity index (χ3n) is 1.63. The Morgan fingerprint density at radius 3 is 2.79 bits per heavy atom. The van der Waals surface area contributed by atoms with Crippen LogP contribution >= 0.6 is 11.8 Å². The van der Waals surface area contributed by atoms with E-state index in [2.05, 4.69) is 0 Å². The maximum Gasteiger partial charge on any atom is 0.279 e. The summed E-state index contributed by atoms with van der Waals surface area (Å²) in [5.41, 5.74) is -0.00565. The molecule has 5 heteroatoms. The van der Waals surface area contributed by atoms with Gasteiger partial charge in [0, 0.05) is 11.0 Å². The number of rotatable bonds is 4. The molecule has 1 aromatic carbocycles. The Hall–Kier alpha value is -1.36. The molecule has 1 rings (SSSR count). The molecule has 0 heterocycles. The van der Waals surface area contributed by atoms with Crippen molar-refractivity contribution >= 4 is 23.7 Å². The molecule has 0 aliphatic rings. The Kier molecular flexibility index (Phi) is 3.64. The van der Waals surface area contributed by atoms with E-state index in [1.165, 1.54) is 6.07 Å². The third-order valence-corrected chi connectivity index (χ3v) is 2.51. The Labute approximate surface area is 85.5 Å². The maximum absolute atomic E-state index is 10.6. The summed E-state index contributed by atoms with van der Waals surface area (Å²) < 4.78 is 0. The van der Waals surface area contributed by atoms with Gasteiger partial charge >= 0.3 is 0 Å². The zero-order valence-corrected chi connectivity index (χ0v) is 8.41. The third kappa shape index (κ3) is 2.32. The quantitative estimate of drug-likeness (QED) is 0.332. The zero-order chi connectivity index (χ0) is 10.6. The van der Waals surface area contributed by atoms with Gasteiger partial charge in [-0.05, 0) is 17.9 Å². The van der Waals surface area contributed by atoms with Crippen LogP contribution < -0.4 is 0 Å². The van der Waals surface area contributed by atoms with Crippen molar-refractivity contribution in [3.63, 3.8) is 0 Å². The smallest absolute Gasteiger partial charge is 0.279 e. The van der Waals surface area contributed by atoms with E-state index in [9.17, 15) is 14.9 Å². The molecule has 0 amide bonds. The molecule has 14 heavy (non-hydrogen) atoms. The number of benzene rings is 1. The fourth-order valence-corrected chi connectivity index (χ4v) is 1.76. The van der Waals surface area contributed by atoms with E-state index in [0.717, 1.165) is 10.6 Å². The van der Waals surface area contributed by atoms with Gasteiger partial charge in [-0.2, -0.15) is 0 Å². The van der Waals surface area contributed by atoms with Crippen LogP contribution in [0, 0.1) is 10.1 Å². The standard InChI is InChI=1S/C9H9NO3S/c1-2-14-8-3-4-9(10(12)13)7(5-8)6-11/h3-6H,2H2,1H3. The lowest BCUT2D eigenvalue weighted by molar-refractivity contribution is -0.385. The van der Waals surface area contributed by atoms with Crippen LogP contribution in [0.5, 0.6) is 0 Å². The number of carbonyl (C=O) groups is 1. The van der Waals surface area contributed by atoms with Gasteiger partial charge in [-0.3, -0.25) is 14.9 Å². The fraction of sp³-hybridized carbons (Fsp3) is 0.222. The first kappa shape index (κ1) is 10.7. The highest BCUT2D eigenvalue weighted by molar-refractivity contribution is 7.99. The van der Waals surface area contributed by atoms with Gasteiger partial charge in [0.1, 0.15) is 0 Å². The summed E-state index contributed by atoms with van der Waals surface area (Å²) in [6, 6.07) is 4.56. The van der Waals surface area contributed by atoms with E-state index in [0.29, 0.717) is 6.29 Å². The lowest BCUT2D eigenvalue weighted by Crippen LogP contribution is -1.94. The van der Waals surface area contributed by atoms with E-state index < -0.39 is 4.92 Å². The van der Waals surface area contributed by atoms with Crippen molar-refractivity contribution in [3.8, 4) is 0 Å². The van der Waals surface area contributed by atoms with Gasteiger partial charge < -0.3 is 0 Å². The SMILES string of the molecule is CCSc1ccc([N+](=O)[O-])c(C=O)c1. The number of aldehydes is 1. The molecule has 0 atom stereocenters. The Morgan fingerprint density at radius 2 is 2.29 bits per heavy atom. The minimum Gasteiger partial charge on any atom is -0.298 e. The first-order valence-corrected chi connectivity index (χ1v) is 5.04. The molecule has 0 aromatic heterocycles. The Balaban J connectivity index is 3.11. The molecule has 0 aliphatic carbocycles. The molecular weight excluding hydrogens is 202 g/mol. The summed E-state index contributed by atoms with van der Waals surface area (Å²) in [6.45, 7) is 1.98.